The van der Waals surface area contributed by atoms with Crippen molar-refractivity contribution in [2.24, 2.45) is 5.92 Å². The third-order valence-corrected chi connectivity index (χ3v) is 2.31. The summed E-state index contributed by atoms with van der Waals surface area (Å²) in [5, 5.41) is 9.06. The molecule has 0 aliphatic carbocycles. The van der Waals surface area contributed by atoms with Crippen molar-refractivity contribution in [2.45, 2.75) is 52.4 Å². The zero-order valence-electron chi connectivity index (χ0n) is 9.13. The average molecular weight is 184 g/mol. The lowest BCUT2D eigenvalue weighted by atomic mass is 10.0. The summed E-state index contributed by atoms with van der Waals surface area (Å²) in [6.07, 6.45) is 11.7. The minimum Gasteiger partial charge on any atom is -0.396 e. The van der Waals surface area contributed by atoms with Crippen LogP contribution in [0.2, 0.25) is 0 Å². The van der Waals surface area contributed by atoms with Gasteiger partial charge in [-0.1, -0.05) is 51.7 Å². The van der Waals surface area contributed by atoms with Gasteiger partial charge < -0.3 is 5.11 Å². The van der Waals surface area contributed by atoms with Gasteiger partial charge in [0.1, 0.15) is 0 Å². The van der Waals surface area contributed by atoms with Crippen LogP contribution in [0.15, 0.2) is 12.2 Å². The number of aliphatic hydroxyl groups excluding tert-OH is 1. The molecule has 0 spiro atoms. The van der Waals surface area contributed by atoms with Gasteiger partial charge in [0.05, 0.1) is 0 Å². The molecule has 13 heavy (non-hydrogen) atoms. The number of allylic oxidation sites excluding steroid dienone is 1. The first-order chi connectivity index (χ1) is 6.35. The summed E-state index contributed by atoms with van der Waals surface area (Å²) in [5.74, 6) is 0.400. The Bertz CT molecular complexity index is 118. The summed E-state index contributed by atoms with van der Waals surface area (Å²) in [4.78, 5) is 0. The first kappa shape index (κ1) is 12.7. The van der Waals surface area contributed by atoms with Gasteiger partial charge in [-0.2, -0.15) is 0 Å². The Labute approximate surface area is 82.9 Å². The Balaban J connectivity index is 3.42. The average Bonchev–Trinajstić information content (AvgIpc) is 2.17. The van der Waals surface area contributed by atoms with E-state index in [9.17, 15) is 0 Å². The molecule has 0 saturated carbocycles. The van der Waals surface area contributed by atoms with E-state index in [1.54, 1.807) is 0 Å². The lowest BCUT2D eigenvalue weighted by molar-refractivity contribution is 0.243. The fraction of sp³-hybridized carbons (Fsp3) is 0.833. The molecule has 1 heteroatoms. The molecular formula is C12H24O. The molecule has 1 atom stereocenters. The molecule has 0 bridgehead atoms. The Hall–Kier alpha value is -0.300. The molecule has 0 aromatic carbocycles. The van der Waals surface area contributed by atoms with E-state index < -0.39 is 0 Å². The summed E-state index contributed by atoms with van der Waals surface area (Å²) in [7, 11) is 0. The number of unbranched alkanes of at least 4 members (excludes halogenated alkanes) is 3. The quantitative estimate of drug-likeness (QED) is 0.452. The van der Waals surface area contributed by atoms with Crippen molar-refractivity contribution in [1.29, 1.82) is 0 Å². The van der Waals surface area contributed by atoms with Crippen LogP contribution < -0.4 is 0 Å². The molecule has 0 aromatic rings. The van der Waals surface area contributed by atoms with Gasteiger partial charge in [-0.05, 0) is 18.8 Å². The van der Waals surface area contributed by atoms with E-state index in [2.05, 4.69) is 26.0 Å². The van der Waals surface area contributed by atoms with Crippen LogP contribution in [0, 0.1) is 5.92 Å². The van der Waals surface area contributed by atoms with Crippen LogP contribution in [-0.2, 0) is 0 Å². The number of hydrogen-bond acceptors (Lipinski definition) is 1. The predicted molar refractivity (Wildman–Crippen MR) is 58.8 cm³/mol. The van der Waals surface area contributed by atoms with E-state index in [4.69, 9.17) is 5.11 Å². The Morgan fingerprint density at radius 2 is 1.92 bits per heavy atom. The molecule has 1 unspecified atom stereocenters. The van der Waals surface area contributed by atoms with Crippen LogP contribution in [-0.4, -0.2) is 11.7 Å². The summed E-state index contributed by atoms with van der Waals surface area (Å²) >= 11 is 0. The third-order valence-electron chi connectivity index (χ3n) is 2.31. The van der Waals surface area contributed by atoms with Crippen molar-refractivity contribution in [3.63, 3.8) is 0 Å². The van der Waals surface area contributed by atoms with E-state index in [-0.39, 0.29) is 0 Å². The van der Waals surface area contributed by atoms with Gasteiger partial charge in [0.2, 0.25) is 0 Å². The van der Waals surface area contributed by atoms with Gasteiger partial charge in [0.25, 0.3) is 0 Å². The third kappa shape index (κ3) is 8.04. The highest BCUT2D eigenvalue weighted by Crippen LogP contribution is 2.11. The SMILES string of the molecule is CC/C=C/C(CO)CCCCCC. The summed E-state index contributed by atoms with van der Waals surface area (Å²) in [6, 6.07) is 0. The second-order valence-corrected chi connectivity index (χ2v) is 3.63. The van der Waals surface area contributed by atoms with E-state index >= 15 is 0 Å². The van der Waals surface area contributed by atoms with Crippen LogP contribution in [0.5, 0.6) is 0 Å². The number of hydrogen-bond donors (Lipinski definition) is 1. The van der Waals surface area contributed by atoms with Crippen molar-refractivity contribution in [3.8, 4) is 0 Å². The van der Waals surface area contributed by atoms with Crippen molar-refractivity contribution < 1.29 is 5.11 Å². The molecule has 78 valence electrons. The van der Waals surface area contributed by atoms with Gasteiger partial charge >= 0.3 is 0 Å². The zero-order chi connectivity index (χ0) is 9.94. The van der Waals surface area contributed by atoms with E-state index in [0.717, 1.165) is 12.8 Å². The van der Waals surface area contributed by atoms with Crippen molar-refractivity contribution in [1.82, 2.24) is 0 Å². The summed E-state index contributed by atoms with van der Waals surface area (Å²) < 4.78 is 0. The predicted octanol–water partition coefficient (Wildman–Crippen LogP) is 3.53. The number of rotatable bonds is 8. The van der Waals surface area contributed by atoms with Gasteiger partial charge in [0, 0.05) is 6.61 Å². The maximum absolute atomic E-state index is 9.06. The lowest BCUT2D eigenvalue weighted by Crippen LogP contribution is -2.02. The van der Waals surface area contributed by atoms with E-state index in [0.29, 0.717) is 12.5 Å². The highest BCUT2D eigenvalue weighted by Gasteiger charge is 2.01. The molecule has 1 nitrogen and oxygen atoms in total. The van der Waals surface area contributed by atoms with Gasteiger partial charge in [-0.3, -0.25) is 0 Å². The molecule has 0 rings (SSSR count). The van der Waals surface area contributed by atoms with Crippen molar-refractivity contribution >= 4 is 0 Å². The van der Waals surface area contributed by atoms with Gasteiger partial charge in [-0.25, -0.2) is 0 Å². The van der Waals surface area contributed by atoms with Crippen LogP contribution in [0.3, 0.4) is 0 Å². The molecule has 0 saturated heterocycles. The van der Waals surface area contributed by atoms with Crippen LogP contribution >= 0.6 is 0 Å². The Morgan fingerprint density at radius 1 is 1.15 bits per heavy atom. The Kier molecular flexibility index (Phi) is 9.56. The van der Waals surface area contributed by atoms with Crippen molar-refractivity contribution in [3.05, 3.63) is 12.2 Å². The first-order valence-electron chi connectivity index (χ1n) is 5.62. The Morgan fingerprint density at radius 3 is 2.46 bits per heavy atom. The lowest BCUT2D eigenvalue weighted by Gasteiger charge is -2.08. The minimum absolute atomic E-state index is 0.308. The maximum atomic E-state index is 9.06. The molecule has 0 heterocycles. The van der Waals surface area contributed by atoms with Gasteiger partial charge in [0.15, 0.2) is 0 Å². The molecule has 1 N–H and O–H groups in total. The normalized spacial score (nSPS) is 13.8. The highest BCUT2D eigenvalue weighted by atomic mass is 16.3. The van der Waals surface area contributed by atoms with Crippen LogP contribution in [0.1, 0.15) is 52.4 Å². The largest absolute Gasteiger partial charge is 0.396 e. The monoisotopic (exact) mass is 184 g/mol. The molecule has 0 amide bonds. The first-order valence-corrected chi connectivity index (χ1v) is 5.62. The van der Waals surface area contributed by atoms with Gasteiger partial charge in [-0.15, -0.1) is 0 Å². The smallest absolute Gasteiger partial charge is 0.0493 e. The summed E-state index contributed by atoms with van der Waals surface area (Å²) in [5.41, 5.74) is 0. The van der Waals surface area contributed by atoms with E-state index in [1.807, 2.05) is 0 Å². The maximum Gasteiger partial charge on any atom is 0.0493 e. The molecule has 0 aromatic heterocycles. The highest BCUT2D eigenvalue weighted by molar-refractivity contribution is 4.87. The molecule has 0 radical (unpaired) electrons. The molecule has 0 aliphatic heterocycles. The fourth-order valence-electron chi connectivity index (χ4n) is 1.41. The molecule has 0 fully saturated rings. The van der Waals surface area contributed by atoms with Crippen molar-refractivity contribution in [2.75, 3.05) is 6.61 Å². The van der Waals surface area contributed by atoms with Crippen LogP contribution in [0.25, 0.3) is 0 Å². The zero-order valence-corrected chi connectivity index (χ0v) is 9.13. The second-order valence-electron chi connectivity index (χ2n) is 3.63. The van der Waals surface area contributed by atoms with E-state index in [1.165, 1.54) is 25.7 Å². The number of aliphatic hydroxyl groups is 1. The topological polar surface area (TPSA) is 20.2 Å². The standard InChI is InChI=1S/C12H24O/c1-3-5-7-8-10-12(11-13)9-6-4-2/h6,9,12-13H,3-5,7-8,10-11H2,1-2H3/b9-6+. The molecule has 0 aliphatic rings. The minimum atomic E-state index is 0.308. The second kappa shape index (κ2) is 9.79. The molecular weight excluding hydrogens is 160 g/mol. The van der Waals surface area contributed by atoms with Crippen LogP contribution in [0.4, 0.5) is 0 Å². The fourth-order valence-corrected chi connectivity index (χ4v) is 1.41. The summed E-state index contributed by atoms with van der Waals surface area (Å²) in [6.45, 7) is 4.66.